The molecule has 2 amide bonds. The maximum absolute atomic E-state index is 11.3. The molecule has 0 aromatic heterocycles. The Hall–Kier alpha value is -1.19. The Morgan fingerprint density at radius 1 is 1.31 bits per heavy atom. The smallest absolute Gasteiger partial charge is 0.351 e. The highest BCUT2D eigenvalue weighted by atomic mass is 35.5. The second-order valence-electron chi connectivity index (χ2n) is 2.50. The van der Waals surface area contributed by atoms with Gasteiger partial charge in [-0.15, -0.1) is 0 Å². The molecular formula is C9H10ClNO2. The van der Waals surface area contributed by atoms with Gasteiger partial charge in [-0.3, -0.25) is 0 Å². The van der Waals surface area contributed by atoms with Gasteiger partial charge in [-0.05, 0) is 12.1 Å². The quantitative estimate of drug-likeness (QED) is 0.502. The summed E-state index contributed by atoms with van der Waals surface area (Å²) in [6.45, 7) is 0. The molecule has 0 heterocycles. The maximum atomic E-state index is 11.3. The van der Waals surface area contributed by atoms with Crippen molar-refractivity contribution in [3.63, 3.8) is 0 Å². The second-order valence-corrected chi connectivity index (χ2v) is 2.50. The van der Waals surface area contributed by atoms with Crippen molar-refractivity contribution in [1.29, 1.82) is 0 Å². The van der Waals surface area contributed by atoms with E-state index in [1.165, 1.54) is 7.05 Å². The number of benzene rings is 1. The van der Waals surface area contributed by atoms with Crippen LogP contribution >= 0.6 is 0 Å². The number of amides is 2. The molecule has 1 atom stereocenters. The first kappa shape index (κ1) is 11.8. The molecule has 1 rings (SSSR count). The standard InChI is InChI=1S/C9H9NO2.ClH/c1-10(7-11)9(12)8-5-3-2-4-6-8;/h2-7H,1H3;1H. The van der Waals surface area contributed by atoms with Crippen molar-refractivity contribution in [2.75, 3.05) is 7.05 Å². The monoisotopic (exact) mass is 199 g/mol. The van der Waals surface area contributed by atoms with Crippen molar-refractivity contribution < 1.29 is 26.9 Å². The molecule has 70 valence electrons. The van der Waals surface area contributed by atoms with E-state index in [1.54, 1.807) is 24.3 Å². The van der Waals surface area contributed by atoms with Crippen LogP contribution < -0.4 is 17.3 Å². The Kier molecular flexibility index (Phi) is 4.96. The van der Waals surface area contributed by atoms with E-state index in [4.69, 9.17) is 0 Å². The topological polar surface area (TPSA) is 38.6 Å². The summed E-state index contributed by atoms with van der Waals surface area (Å²) >= 11 is 0. The lowest BCUT2D eigenvalue weighted by molar-refractivity contribution is -0.694. The normalized spacial score (nSPS) is 11.2. The first-order valence-corrected chi connectivity index (χ1v) is 3.64. The summed E-state index contributed by atoms with van der Waals surface area (Å²) in [7, 11) is 1.52. The molecule has 0 bridgehead atoms. The molecule has 1 N–H and O–H groups in total. The molecule has 0 spiro atoms. The first-order chi connectivity index (χ1) is 5.75. The Labute approximate surface area is 82.8 Å². The first-order valence-electron chi connectivity index (χ1n) is 3.64. The molecule has 0 aliphatic rings. The Morgan fingerprint density at radius 2 is 1.85 bits per heavy atom. The lowest BCUT2D eigenvalue weighted by atomic mass is 10.2. The fourth-order valence-electron chi connectivity index (χ4n) is 0.871. The maximum Gasteiger partial charge on any atom is 0.351 e. The molecule has 13 heavy (non-hydrogen) atoms. The van der Waals surface area contributed by atoms with Crippen LogP contribution in [0.2, 0.25) is 0 Å². The van der Waals surface area contributed by atoms with Crippen LogP contribution in [0.25, 0.3) is 0 Å². The number of carbonyl (C=O) groups excluding carboxylic acids is 2. The van der Waals surface area contributed by atoms with Gasteiger partial charge in [0, 0.05) is 0 Å². The van der Waals surface area contributed by atoms with Gasteiger partial charge >= 0.3 is 12.3 Å². The summed E-state index contributed by atoms with van der Waals surface area (Å²) in [6.07, 6.45) is 0.579. The lowest BCUT2D eigenvalue weighted by Crippen LogP contribution is -3.10. The van der Waals surface area contributed by atoms with Crippen LogP contribution in [0.4, 0.5) is 0 Å². The Morgan fingerprint density at radius 3 is 2.31 bits per heavy atom. The fourth-order valence-corrected chi connectivity index (χ4v) is 0.871. The molecule has 1 aromatic carbocycles. The summed E-state index contributed by atoms with van der Waals surface area (Å²) in [5.74, 6) is -0.203. The minimum absolute atomic E-state index is 0. The molecular weight excluding hydrogens is 190 g/mol. The third-order valence-corrected chi connectivity index (χ3v) is 1.57. The van der Waals surface area contributed by atoms with Crippen molar-refractivity contribution in [1.82, 2.24) is 0 Å². The average molecular weight is 200 g/mol. The van der Waals surface area contributed by atoms with E-state index in [1.807, 2.05) is 6.07 Å². The highest BCUT2D eigenvalue weighted by Crippen LogP contribution is 1.94. The van der Waals surface area contributed by atoms with Crippen molar-refractivity contribution >= 4 is 12.3 Å². The van der Waals surface area contributed by atoms with E-state index >= 15 is 0 Å². The number of quaternary nitrogens is 1. The predicted molar refractivity (Wildman–Crippen MR) is 43.7 cm³/mol. The van der Waals surface area contributed by atoms with Crippen LogP contribution in [0.5, 0.6) is 0 Å². The largest absolute Gasteiger partial charge is 1.00 e. The fraction of sp³-hybridized carbons (Fsp3) is 0.111. The van der Waals surface area contributed by atoms with Gasteiger partial charge < -0.3 is 12.4 Å². The number of carbonyl (C=O) groups is 2. The highest BCUT2D eigenvalue weighted by Gasteiger charge is 2.14. The molecule has 0 aliphatic heterocycles. The summed E-state index contributed by atoms with van der Waals surface area (Å²) in [5, 5.41) is 0. The molecule has 0 radical (unpaired) electrons. The van der Waals surface area contributed by atoms with E-state index in [0.29, 0.717) is 12.0 Å². The van der Waals surface area contributed by atoms with E-state index in [2.05, 4.69) is 0 Å². The minimum Gasteiger partial charge on any atom is -1.00 e. The highest BCUT2D eigenvalue weighted by molar-refractivity contribution is 5.89. The zero-order valence-electron chi connectivity index (χ0n) is 7.16. The summed E-state index contributed by atoms with van der Waals surface area (Å²) in [6, 6.07) is 8.74. The van der Waals surface area contributed by atoms with Crippen LogP contribution in [0, 0.1) is 0 Å². The molecule has 0 aliphatic carbocycles. The van der Waals surface area contributed by atoms with E-state index in [0.717, 1.165) is 0 Å². The van der Waals surface area contributed by atoms with Crippen LogP contribution in [0.3, 0.4) is 0 Å². The van der Waals surface area contributed by atoms with Gasteiger partial charge in [-0.1, -0.05) is 18.2 Å². The molecule has 3 nitrogen and oxygen atoms in total. The van der Waals surface area contributed by atoms with Gasteiger partial charge in [0.25, 0.3) is 0 Å². The van der Waals surface area contributed by atoms with E-state index in [-0.39, 0.29) is 23.2 Å². The molecule has 0 saturated heterocycles. The van der Waals surface area contributed by atoms with Gasteiger partial charge in [0.1, 0.15) is 0 Å². The minimum atomic E-state index is -0.203. The number of hydrogen-bond donors (Lipinski definition) is 1. The summed E-state index contributed by atoms with van der Waals surface area (Å²) in [4.78, 5) is 21.8. The van der Waals surface area contributed by atoms with E-state index < -0.39 is 0 Å². The summed E-state index contributed by atoms with van der Waals surface area (Å²) in [5.41, 5.74) is 0.558. The predicted octanol–water partition coefficient (Wildman–Crippen LogP) is -3.50. The van der Waals surface area contributed by atoms with Crippen molar-refractivity contribution in [3.05, 3.63) is 35.9 Å². The zero-order chi connectivity index (χ0) is 8.97. The van der Waals surface area contributed by atoms with Crippen molar-refractivity contribution in [2.24, 2.45) is 0 Å². The van der Waals surface area contributed by atoms with Gasteiger partial charge in [0.15, 0.2) is 0 Å². The molecule has 0 fully saturated rings. The van der Waals surface area contributed by atoms with Crippen LogP contribution in [0.1, 0.15) is 10.4 Å². The van der Waals surface area contributed by atoms with Gasteiger partial charge in [0.2, 0.25) is 0 Å². The number of halogens is 1. The number of rotatable bonds is 2. The van der Waals surface area contributed by atoms with Gasteiger partial charge in [0.05, 0.1) is 12.6 Å². The zero-order valence-corrected chi connectivity index (χ0v) is 7.91. The molecule has 1 aromatic rings. The third kappa shape index (κ3) is 2.97. The third-order valence-electron chi connectivity index (χ3n) is 1.57. The Bertz CT molecular complexity index is 287. The van der Waals surface area contributed by atoms with Crippen LogP contribution in [-0.2, 0) is 4.79 Å². The molecule has 4 heteroatoms. The van der Waals surface area contributed by atoms with Gasteiger partial charge in [-0.2, -0.15) is 0 Å². The van der Waals surface area contributed by atoms with E-state index in [9.17, 15) is 9.59 Å². The van der Waals surface area contributed by atoms with Crippen LogP contribution in [0.15, 0.2) is 30.3 Å². The lowest BCUT2D eigenvalue weighted by Gasteiger charge is -2.01. The number of hydrogen-bond acceptors (Lipinski definition) is 2. The van der Waals surface area contributed by atoms with Gasteiger partial charge in [-0.25, -0.2) is 14.5 Å². The summed E-state index contributed by atoms with van der Waals surface area (Å²) < 4.78 is 0. The number of imide groups is 1. The SMILES string of the molecule is C[NH+](C=O)C(=O)c1ccccc1.[Cl-]. The molecule has 1 unspecified atom stereocenters. The average Bonchev–Trinajstić information content (AvgIpc) is 2.17. The molecule has 0 saturated carbocycles. The van der Waals surface area contributed by atoms with Crippen molar-refractivity contribution in [2.45, 2.75) is 0 Å². The Balaban J connectivity index is 0.00000144. The second kappa shape index (κ2) is 5.45. The number of nitrogens with one attached hydrogen (secondary N) is 1. The van der Waals surface area contributed by atoms with Crippen molar-refractivity contribution in [3.8, 4) is 0 Å². The van der Waals surface area contributed by atoms with Crippen LogP contribution in [-0.4, -0.2) is 19.4 Å².